The fourth-order valence-electron chi connectivity index (χ4n) is 2.99. The molecular formula is C20H25NO6. The lowest BCUT2D eigenvalue weighted by molar-refractivity contribution is -0.142. The molecule has 1 heterocycles. The van der Waals surface area contributed by atoms with Crippen LogP contribution in [-0.4, -0.2) is 30.1 Å². The lowest BCUT2D eigenvalue weighted by atomic mass is 10.0. The third kappa shape index (κ3) is 5.09. The smallest absolute Gasteiger partial charge is 0.339 e. The lowest BCUT2D eigenvalue weighted by Gasteiger charge is -2.16. The Balaban J connectivity index is 2.15. The van der Waals surface area contributed by atoms with Gasteiger partial charge in [0.1, 0.15) is 17.4 Å². The maximum atomic E-state index is 12.3. The summed E-state index contributed by atoms with van der Waals surface area (Å²) < 4.78 is 10.5. The molecule has 2 rings (SSSR count). The summed E-state index contributed by atoms with van der Waals surface area (Å²) in [5, 5.41) is 12.5. The van der Waals surface area contributed by atoms with Gasteiger partial charge >= 0.3 is 11.6 Å². The van der Waals surface area contributed by atoms with E-state index in [1.54, 1.807) is 25.1 Å². The Morgan fingerprint density at radius 1 is 1.30 bits per heavy atom. The van der Waals surface area contributed by atoms with E-state index in [1.165, 1.54) is 7.11 Å². The first-order valence-corrected chi connectivity index (χ1v) is 8.85. The van der Waals surface area contributed by atoms with Gasteiger partial charge in [0.15, 0.2) is 0 Å². The highest BCUT2D eigenvalue weighted by atomic mass is 16.5. The molecule has 7 nitrogen and oxygen atoms in total. The zero-order valence-electron chi connectivity index (χ0n) is 16.0. The number of carbonyl (C=O) groups excluding carboxylic acids is 1. The predicted molar refractivity (Wildman–Crippen MR) is 101 cm³/mol. The monoisotopic (exact) mass is 375 g/mol. The van der Waals surface area contributed by atoms with Gasteiger partial charge in [0.2, 0.25) is 5.91 Å². The Hall–Kier alpha value is -2.83. The van der Waals surface area contributed by atoms with Crippen molar-refractivity contribution < 1.29 is 23.8 Å². The van der Waals surface area contributed by atoms with E-state index in [-0.39, 0.29) is 18.8 Å². The zero-order chi connectivity index (χ0) is 20.1. The van der Waals surface area contributed by atoms with E-state index in [0.717, 1.165) is 10.9 Å². The Morgan fingerprint density at radius 3 is 2.59 bits per heavy atom. The number of nitrogens with one attached hydrogen (secondary N) is 1. The molecule has 0 spiro atoms. The third-order valence-electron chi connectivity index (χ3n) is 4.44. The minimum atomic E-state index is -1.06. The molecule has 0 aliphatic rings. The Bertz CT molecular complexity index is 899. The first-order valence-electron chi connectivity index (χ1n) is 8.85. The Morgan fingerprint density at radius 2 is 2.00 bits per heavy atom. The first kappa shape index (κ1) is 20.5. The molecule has 1 atom stereocenters. The number of rotatable bonds is 8. The molecule has 7 heteroatoms. The zero-order valence-corrected chi connectivity index (χ0v) is 16.0. The number of hydrogen-bond acceptors (Lipinski definition) is 5. The van der Waals surface area contributed by atoms with Crippen LogP contribution in [0.5, 0.6) is 5.75 Å². The van der Waals surface area contributed by atoms with Crippen molar-refractivity contribution in [2.75, 3.05) is 7.11 Å². The number of carbonyl (C=O) groups is 2. The average molecular weight is 375 g/mol. The van der Waals surface area contributed by atoms with Crippen LogP contribution >= 0.6 is 0 Å². The quantitative estimate of drug-likeness (QED) is 0.687. The van der Waals surface area contributed by atoms with Crippen LogP contribution in [0.4, 0.5) is 0 Å². The molecule has 0 fully saturated rings. The predicted octanol–water partition coefficient (Wildman–Crippen LogP) is 2.66. The molecule has 0 bridgehead atoms. The van der Waals surface area contributed by atoms with Crippen molar-refractivity contribution in [3.05, 3.63) is 39.7 Å². The molecule has 0 aliphatic heterocycles. The van der Waals surface area contributed by atoms with Crippen molar-refractivity contribution in [2.45, 2.75) is 46.1 Å². The number of amides is 1. The minimum absolute atomic E-state index is 0.00906. The van der Waals surface area contributed by atoms with Crippen molar-refractivity contribution in [2.24, 2.45) is 5.92 Å². The number of carboxylic acid groups (broad SMARTS) is 1. The summed E-state index contributed by atoms with van der Waals surface area (Å²) in [7, 11) is 1.53. The van der Waals surface area contributed by atoms with Crippen LogP contribution in [0.2, 0.25) is 0 Å². The molecule has 0 radical (unpaired) electrons. The average Bonchev–Trinajstić information content (AvgIpc) is 2.59. The van der Waals surface area contributed by atoms with Crippen LogP contribution in [0.3, 0.4) is 0 Å². The normalized spacial score (nSPS) is 12.2. The highest BCUT2D eigenvalue weighted by Gasteiger charge is 2.21. The summed E-state index contributed by atoms with van der Waals surface area (Å²) in [6.07, 6.45) is 0.533. The SMILES string of the molecule is COc1ccc2c(C)c(CCC(=O)N[C@@H](CC(C)C)C(=O)O)c(=O)oc2c1. The second kappa shape index (κ2) is 8.70. The fourth-order valence-corrected chi connectivity index (χ4v) is 2.99. The number of aliphatic carboxylic acids is 1. The third-order valence-corrected chi connectivity index (χ3v) is 4.44. The lowest BCUT2D eigenvalue weighted by Crippen LogP contribution is -2.41. The number of benzene rings is 1. The summed E-state index contributed by atoms with van der Waals surface area (Å²) >= 11 is 0. The van der Waals surface area contributed by atoms with Crippen molar-refractivity contribution >= 4 is 22.8 Å². The maximum absolute atomic E-state index is 12.3. The largest absolute Gasteiger partial charge is 0.497 e. The van der Waals surface area contributed by atoms with Crippen molar-refractivity contribution in [1.82, 2.24) is 5.32 Å². The number of hydrogen-bond donors (Lipinski definition) is 2. The van der Waals surface area contributed by atoms with Crippen LogP contribution in [-0.2, 0) is 16.0 Å². The number of fused-ring (bicyclic) bond motifs is 1. The highest BCUT2D eigenvalue weighted by Crippen LogP contribution is 2.24. The molecule has 1 aromatic carbocycles. The van der Waals surface area contributed by atoms with Gasteiger partial charge in [-0.25, -0.2) is 9.59 Å². The molecule has 1 amide bonds. The number of carboxylic acids is 1. The van der Waals surface area contributed by atoms with E-state index in [4.69, 9.17) is 9.15 Å². The number of methoxy groups -OCH3 is 1. The van der Waals surface area contributed by atoms with Gasteiger partial charge in [-0.1, -0.05) is 13.8 Å². The summed E-state index contributed by atoms with van der Waals surface area (Å²) in [5.74, 6) is -0.746. The molecule has 146 valence electrons. The van der Waals surface area contributed by atoms with E-state index in [0.29, 0.717) is 23.3 Å². The van der Waals surface area contributed by atoms with Crippen LogP contribution in [0.1, 0.15) is 37.8 Å². The van der Waals surface area contributed by atoms with E-state index in [1.807, 2.05) is 13.8 Å². The van der Waals surface area contributed by atoms with Crippen LogP contribution < -0.4 is 15.7 Å². The molecule has 0 saturated heterocycles. The van der Waals surface area contributed by atoms with Crippen molar-refractivity contribution in [3.8, 4) is 5.75 Å². The fraction of sp³-hybridized carbons (Fsp3) is 0.450. The van der Waals surface area contributed by atoms with Gasteiger partial charge in [-0.05, 0) is 43.4 Å². The van der Waals surface area contributed by atoms with Crippen LogP contribution in [0.25, 0.3) is 11.0 Å². The van der Waals surface area contributed by atoms with E-state index >= 15 is 0 Å². The maximum Gasteiger partial charge on any atom is 0.339 e. The summed E-state index contributed by atoms with van der Waals surface area (Å²) in [6, 6.07) is 4.29. The minimum Gasteiger partial charge on any atom is -0.497 e. The second-order valence-electron chi connectivity index (χ2n) is 6.94. The van der Waals surface area contributed by atoms with E-state index in [2.05, 4.69) is 5.32 Å². The summed E-state index contributed by atoms with van der Waals surface area (Å²) in [6.45, 7) is 5.58. The van der Waals surface area contributed by atoms with Gasteiger partial charge < -0.3 is 19.6 Å². The molecule has 0 unspecified atom stereocenters. The standard InChI is InChI=1S/C20H25NO6/c1-11(2)9-16(19(23)24)21-18(22)8-7-15-12(3)14-6-5-13(26-4)10-17(14)27-20(15)25/h5-6,10-11,16H,7-9H2,1-4H3,(H,21,22)(H,23,24)/t16-/m0/s1. The molecule has 2 N–H and O–H groups in total. The highest BCUT2D eigenvalue weighted by molar-refractivity contribution is 5.84. The van der Waals surface area contributed by atoms with Gasteiger partial charge in [-0.2, -0.15) is 0 Å². The van der Waals surface area contributed by atoms with E-state index < -0.39 is 23.5 Å². The summed E-state index contributed by atoms with van der Waals surface area (Å²) in [5.41, 5.74) is 1.08. The number of ether oxygens (including phenoxy) is 1. The topological polar surface area (TPSA) is 106 Å². The van der Waals surface area contributed by atoms with Crippen molar-refractivity contribution in [1.29, 1.82) is 0 Å². The van der Waals surface area contributed by atoms with Gasteiger partial charge in [0, 0.05) is 23.4 Å². The van der Waals surface area contributed by atoms with Gasteiger partial charge in [-0.3, -0.25) is 4.79 Å². The molecular weight excluding hydrogens is 350 g/mol. The van der Waals surface area contributed by atoms with Gasteiger partial charge in [0.25, 0.3) is 0 Å². The van der Waals surface area contributed by atoms with Crippen molar-refractivity contribution in [3.63, 3.8) is 0 Å². The molecule has 0 saturated carbocycles. The summed E-state index contributed by atoms with van der Waals surface area (Å²) in [4.78, 5) is 35.7. The van der Waals surface area contributed by atoms with Crippen LogP contribution in [0, 0.1) is 12.8 Å². The second-order valence-corrected chi connectivity index (χ2v) is 6.94. The van der Waals surface area contributed by atoms with Gasteiger partial charge in [0.05, 0.1) is 7.11 Å². The number of aryl methyl sites for hydroxylation is 1. The molecule has 1 aromatic heterocycles. The van der Waals surface area contributed by atoms with Gasteiger partial charge in [-0.15, -0.1) is 0 Å². The Labute approximate surface area is 157 Å². The molecule has 2 aromatic rings. The molecule has 27 heavy (non-hydrogen) atoms. The molecule has 0 aliphatic carbocycles. The first-order chi connectivity index (χ1) is 12.7. The van der Waals surface area contributed by atoms with E-state index in [9.17, 15) is 19.5 Å². The van der Waals surface area contributed by atoms with Crippen LogP contribution in [0.15, 0.2) is 27.4 Å². The Kier molecular flexibility index (Phi) is 6.60.